The van der Waals surface area contributed by atoms with E-state index in [1.807, 2.05) is 0 Å². The number of allylic oxidation sites excluding steroid dienone is 4. The number of nitrogens with zero attached hydrogens (tertiary/aromatic N) is 2. The van der Waals surface area contributed by atoms with Gasteiger partial charge in [0.2, 0.25) is 6.41 Å². The number of carbonyl (C=O) groups excluding carboxylic acids is 1. The first-order valence-electron chi connectivity index (χ1n) is 7.98. The van der Waals surface area contributed by atoms with E-state index < -0.39 is 5.82 Å². The lowest BCUT2D eigenvalue weighted by Crippen LogP contribution is -2.19. The molecule has 0 aromatic heterocycles. The van der Waals surface area contributed by atoms with Crippen LogP contribution in [-0.4, -0.2) is 25.4 Å². The van der Waals surface area contributed by atoms with Crippen molar-refractivity contribution < 1.29 is 9.18 Å². The zero-order chi connectivity index (χ0) is 20.4. The Morgan fingerprint density at radius 1 is 1.30 bits per heavy atom. The summed E-state index contributed by atoms with van der Waals surface area (Å²) in [4.78, 5) is 18.8. The third-order valence-electron chi connectivity index (χ3n) is 3.40. The highest BCUT2D eigenvalue weighted by molar-refractivity contribution is 6.30. The van der Waals surface area contributed by atoms with Gasteiger partial charge in [0, 0.05) is 35.6 Å². The van der Waals surface area contributed by atoms with E-state index in [0.717, 1.165) is 0 Å². The van der Waals surface area contributed by atoms with Crippen LogP contribution in [0.3, 0.4) is 0 Å². The van der Waals surface area contributed by atoms with E-state index in [1.54, 1.807) is 33.0 Å². The average Bonchev–Trinajstić information content (AvgIpc) is 2.62. The largest absolute Gasteiger partial charge is 0.354 e. The summed E-state index contributed by atoms with van der Waals surface area (Å²) in [7, 11) is 1.63. The first kappa shape index (κ1) is 22.1. The highest BCUT2D eigenvalue weighted by atomic mass is 35.5. The van der Waals surface area contributed by atoms with E-state index in [0.29, 0.717) is 39.9 Å². The number of halogens is 2. The molecule has 0 aliphatic rings. The number of benzene rings is 1. The van der Waals surface area contributed by atoms with Gasteiger partial charge in [-0.15, -0.1) is 0 Å². The van der Waals surface area contributed by atoms with E-state index >= 15 is 0 Å². The maximum absolute atomic E-state index is 14.1. The summed E-state index contributed by atoms with van der Waals surface area (Å²) in [5.74, 6) is -0.116. The highest BCUT2D eigenvalue weighted by Gasteiger charge is 2.09. The molecule has 0 spiro atoms. The number of carbonyl (C=O) groups is 1. The van der Waals surface area contributed by atoms with Crippen LogP contribution in [0, 0.1) is 5.82 Å². The quantitative estimate of drug-likeness (QED) is 0.377. The van der Waals surface area contributed by atoms with E-state index in [9.17, 15) is 9.18 Å². The number of amides is 1. The predicted octanol–water partition coefficient (Wildman–Crippen LogP) is 4.25. The first-order chi connectivity index (χ1) is 12.8. The summed E-state index contributed by atoms with van der Waals surface area (Å²) in [5.41, 5.74) is 2.35. The third kappa shape index (κ3) is 7.03. The molecule has 7 heteroatoms. The monoisotopic (exact) mass is 388 g/mol. The molecular weight excluding hydrogens is 367 g/mol. The summed E-state index contributed by atoms with van der Waals surface area (Å²) in [6, 6.07) is 4.26. The SMILES string of the molecule is C=C(/C=C(\N=C/C)NC=O)N/C(=C/C(=C)c1cc(Cl)ccc1F)C(C)=NC. The molecule has 0 atom stereocenters. The Kier molecular flexibility index (Phi) is 8.89. The fourth-order valence-electron chi connectivity index (χ4n) is 2.04. The van der Waals surface area contributed by atoms with Gasteiger partial charge in [-0.3, -0.25) is 9.79 Å². The minimum absolute atomic E-state index is 0.283. The van der Waals surface area contributed by atoms with E-state index in [-0.39, 0.29) is 5.56 Å². The van der Waals surface area contributed by atoms with Crippen molar-refractivity contribution >= 4 is 35.5 Å². The molecule has 0 radical (unpaired) electrons. The van der Waals surface area contributed by atoms with Crippen molar-refractivity contribution in [3.63, 3.8) is 0 Å². The molecule has 0 aliphatic carbocycles. The number of hydrogen-bond donors (Lipinski definition) is 2. The lowest BCUT2D eigenvalue weighted by atomic mass is 10.0. The zero-order valence-corrected chi connectivity index (χ0v) is 16.3. The van der Waals surface area contributed by atoms with Crippen molar-refractivity contribution in [3.8, 4) is 0 Å². The van der Waals surface area contributed by atoms with Gasteiger partial charge in [-0.2, -0.15) is 0 Å². The summed E-state index contributed by atoms with van der Waals surface area (Å²) >= 11 is 5.95. The fraction of sp³-hybridized carbons (Fsp3) is 0.150. The number of nitrogens with one attached hydrogen (secondary N) is 2. The summed E-state index contributed by atoms with van der Waals surface area (Å²) in [5, 5.41) is 5.93. The lowest BCUT2D eigenvalue weighted by Gasteiger charge is -2.13. The van der Waals surface area contributed by atoms with Crippen molar-refractivity contribution in [2.75, 3.05) is 7.05 Å². The van der Waals surface area contributed by atoms with Crippen LogP contribution in [0.4, 0.5) is 4.39 Å². The molecule has 0 unspecified atom stereocenters. The molecular formula is C20H22ClFN4O. The maximum atomic E-state index is 14.1. The maximum Gasteiger partial charge on any atom is 0.212 e. The van der Waals surface area contributed by atoms with Crippen LogP contribution >= 0.6 is 11.6 Å². The molecule has 2 N–H and O–H groups in total. The number of rotatable bonds is 9. The Hall–Kier alpha value is -2.99. The molecule has 1 amide bonds. The van der Waals surface area contributed by atoms with Crippen LogP contribution in [0.2, 0.25) is 5.02 Å². The number of aliphatic imine (C=N–C) groups is 2. The van der Waals surface area contributed by atoms with Gasteiger partial charge in [0.25, 0.3) is 0 Å². The molecule has 1 aromatic rings. The zero-order valence-electron chi connectivity index (χ0n) is 15.5. The topological polar surface area (TPSA) is 65.8 Å². The average molecular weight is 389 g/mol. The van der Waals surface area contributed by atoms with Crippen molar-refractivity contribution in [3.05, 3.63) is 77.1 Å². The molecule has 0 heterocycles. The Bertz CT molecular complexity index is 854. The normalized spacial score (nSPS) is 12.9. The molecule has 0 fully saturated rings. The van der Waals surface area contributed by atoms with Crippen LogP contribution in [0.5, 0.6) is 0 Å². The first-order valence-corrected chi connectivity index (χ1v) is 8.36. The van der Waals surface area contributed by atoms with Gasteiger partial charge < -0.3 is 10.6 Å². The van der Waals surface area contributed by atoms with Gasteiger partial charge in [0.15, 0.2) is 0 Å². The van der Waals surface area contributed by atoms with Crippen molar-refractivity contribution in [2.45, 2.75) is 13.8 Å². The molecule has 1 rings (SSSR count). The van der Waals surface area contributed by atoms with Gasteiger partial charge in [0.05, 0.1) is 11.4 Å². The van der Waals surface area contributed by atoms with Gasteiger partial charge >= 0.3 is 0 Å². The molecule has 27 heavy (non-hydrogen) atoms. The second-order valence-corrected chi connectivity index (χ2v) is 5.78. The smallest absolute Gasteiger partial charge is 0.212 e. The Labute approximate surface area is 163 Å². The molecule has 0 bridgehead atoms. The van der Waals surface area contributed by atoms with Gasteiger partial charge in [-0.05, 0) is 43.7 Å². The molecule has 0 saturated heterocycles. The van der Waals surface area contributed by atoms with Crippen molar-refractivity contribution in [1.82, 2.24) is 10.6 Å². The predicted molar refractivity (Wildman–Crippen MR) is 111 cm³/mol. The van der Waals surface area contributed by atoms with E-state index in [2.05, 4.69) is 33.8 Å². The summed E-state index contributed by atoms with van der Waals surface area (Å²) in [6.45, 7) is 11.3. The second-order valence-electron chi connectivity index (χ2n) is 5.35. The van der Waals surface area contributed by atoms with E-state index in [4.69, 9.17) is 11.6 Å². The van der Waals surface area contributed by atoms with Gasteiger partial charge in [0.1, 0.15) is 11.6 Å². The Morgan fingerprint density at radius 3 is 2.59 bits per heavy atom. The molecule has 142 valence electrons. The Morgan fingerprint density at radius 2 is 2.00 bits per heavy atom. The van der Waals surface area contributed by atoms with Crippen molar-refractivity contribution in [2.24, 2.45) is 9.98 Å². The van der Waals surface area contributed by atoms with Crippen LogP contribution < -0.4 is 10.6 Å². The van der Waals surface area contributed by atoms with Gasteiger partial charge in [-0.25, -0.2) is 9.38 Å². The molecule has 0 aliphatic heterocycles. The minimum Gasteiger partial charge on any atom is -0.354 e. The summed E-state index contributed by atoms with van der Waals surface area (Å²) in [6.07, 6.45) is 5.25. The molecule has 5 nitrogen and oxygen atoms in total. The standard InChI is InChI=1S/C20H22ClFN4O/c1-6-24-20(25-12-27)10-14(3)26-19(15(4)23-5)9-13(2)17-11-16(21)7-8-18(17)22/h6-12,26H,2-3H2,1,4-5H3,(H,25,27)/b19-9+,20-10+,23-15?,24-6-. The highest BCUT2D eigenvalue weighted by Crippen LogP contribution is 2.23. The third-order valence-corrected chi connectivity index (χ3v) is 3.63. The van der Waals surface area contributed by atoms with Crippen LogP contribution in [0.1, 0.15) is 19.4 Å². The second kappa shape index (κ2) is 10.9. The summed E-state index contributed by atoms with van der Waals surface area (Å²) < 4.78 is 14.1. The minimum atomic E-state index is -0.431. The lowest BCUT2D eigenvalue weighted by molar-refractivity contribution is -0.108. The van der Waals surface area contributed by atoms with Gasteiger partial charge in [-0.1, -0.05) is 24.8 Å². The van der Waals surface area contributed by atoms with Crippen molar-refractivity contribution in [1.29, 1.82) is 0 Å². The van der Waals surface area contributed by atoms with Crippen LogP contribution in [0.25, 0.3) is 5.57 Å². The van der Waals surface area contributed by atoms with E-state index in [1.165, 1.54) is 24.4 Å². The van der Waals surface area contributed by atoms with Crippen LogP contribution in [0.15, 0.2) is 70.7 Å². The fourth-order valence-corrected chi connectivity index (χ4v) is 2.21. The molecule has 1 aromatic carbocycles. The Balaban J connectivity index is 3.19. The number of hydrogen-bond acceptors (Lipinski definition) is 4. The van der Waals surface area contributed by atoms with Crippen LogP contribution in [-0.2, 0) is 4.79 Å². The molecule has 0 saturated carbocycles.